The first kappa shape index (κ1) is 7.64. The molecular weight excluding hydrogens is 132 g/mol. The van der Waals surface area contributed by atoms with Gasteiger partial charge in [-0.05, 0) is 42.4 Å². The van der Waals surface area contributed by atoms with E-state index in [2.05, 4.69) is 20.8 Å². The quantitative estimate of drug-likeness (QED) is 0.568. The summed E-state index contributed by atoms with van der Waals surface area (Å²) in [7, 11) is 0. The Balaban J connectivity index is 2.07. The van der Waals surface area contributed by atoms with Crippen molar-refractivity contribution < 1.29 is 0 Å². The van der Waals surface area contributed by atoms with Gasteiger partial charge >= 0.3 is 0 Å². The predicted octanol–water partition coefficient (Wildman–Crippen LogP) is 3.47. The maximum atomic E-state index is 2.51. The first-order chi connectivity index (χ1) is 5.17. The van der Waals surface area contributed by atoms with Gasteiger partial charge in [-0.3, -0.25) is 0 Å². The van der Waals surface area contributed by atoms with Crippen LogP contribution in [0.5, 0.6) is 0 Å². The maximum Gasteiger partial charge on any atom is -0.0290 e. The minimum atomic E-state index is 0.778. The van der Waals surface area contributed by atoms with Crippen LogP contribution in [0.2, 0.25) is 0 Å². The van der Waals surface area contributed by atoms with Crippen LogP contribution in [0.3, 0.4) is 0 Å². The Labute approximate surface area is 70.4 Å². The molecule has 0 amide bonds. The van der Waals surface area contributed by atoms with Gasteiger partial charge in [-0.2, -0.15) is 0 Å². The fraction of sp³-hybridized carbons (Fsp3) is 1.00. The summed E-state index contributed by atoms with van der Waals surface area (Å²) in [6.45, 7) is 7.29. The summed E-state index contributed by atoms with van der Waals surface area (Å²) >= 11 is 0. The molecule has 3 aliphatic carbocycles. The first-order valence-electron chi connectivity index (χ1n) is 5.17. The van der Waals surface area contributed by atoms with E-state index in [4.69, 9.17) is 0 Å². The van der Waals surface area contributed by atoms with Crippen molar-refractivity contribution in [3.05, 3.63) is 0 Å². The van der Waals surface area contributed by atoms with Crippen LogP contribution in [0.1, 0.15) is 46.5 Å². The van der Waals surface area contributed by atoms with Crippen molar-refractivity contribution in [2.45, 2.75) is 46.5 Å². The van der Waals surface area contributed by atoms with E-state index in [-0.39, 0.29) is 0 Å². The molecule has 0 heterocycles. The lowest BCUT2D eigenvalue weighted by Crippen LogP contribution is -2.41. The van der Waals surface area contributed by atoms with Gasteiger partial charge in [-0.15, -0.1) is 0 Å². The fourth-order valence-electron chi connectivity index (χ4n) is 3.74. The maximum absolute atomic E-state index is 2.51. The summed E-state index contributed by atoms with van der Waals surface area (Å²) in [6, 6.07) is 0. The van der Waals surface area contributed by atoms with Crippen molar-refractivity contribution in [1.29, 1.82) is 0 Å². The molecule has 0 N–H and O–H groups in total. The molecule has 0 spiro atoms. The van der Waals surface area contributed by atoms with Crippen LogP contribution in [0.15, 0.2) is 0 Å². The summed E-state index contributed by atoms with van der Waals surface area (Å²) in [6.07, 6.45) is 5.98. The van der Waals surface area contributed by atoms with E-state index in [1.807, 2.05) is 0 Å². The van der Waals surface area contributed by atoms with Gasteiger partial charge in [0.15, 0.2) is 0 Å². The van der Waals surface area contributed by atoms with Crippen LogP contribution in [-0.2, 0) is 0 Å². The Morgan fingerprint density at radius 1 is 1.55 bits per heavy atom. The Morgan fingerprint density at radius 3 is 2.64 bits per heavy atom. The number of hydrogen-bond donors (Lipinski definition) is 0. The highest BCUT2D eigenvalue weighted by molar-refractivity contribution is 5.06. The minimum absolute atomic E-state index is 0.778. The molecule has 3 aliphatic rings. The van der Waals surface area contributed by atoms with E-state index in [1.165, 1.54) is 19.3 Å². The van der Waals surface area contributed by atoms with E-state index in [0.717, 1.165) is 23.2 Å². The largest absolute Gasteiger partial charge is 0.0651 e. The zero-order chi connectivity index (χ0) is 8.06. The molecule has 3 rings (SSSR count). The monoisotopic (exact) mass is 152 g/mol. The predicted molar refractivity (Wildman–Crippen MR) is 48.4 cm³/mol. The average Bonchev–Trinajstić information content (AvgIpc) is 2.44. The van der Waals surface area contributed by atoms with Gasteiger partial charge in [0.1, 0.15) is 0 Å². The van der Waals surface area contributed by atoms with Crippen LogP contribution in [0.4, 0.5) is 0 Å². The SMILES string of the molecule is CCC(C)C1C2CCC1(C)C2. The second kappa shape index (κ2) is 2.24. The average molecular weight is 152 g/mol. The summed E-state index contributed by atoms with van der Waals surface area (Å²) in [5, 5.41) is 0. The third-order valence-corrected chi connectivity index (χ3v) is 4.38. The highest BCUT2D eigenvalue weighted by Gasteiger charge is 2.56. The van der Waals surface area contributed by atoms with Gasteiger partial charge in [0.25, 0.3) is 0 Å². The molecule has 64 valence electrons. The molecule has 3 saturated carbocycles. The summed E-state index contributed by atoms with van der Waals surface area (Å²) in [5.41, 5.74) is 0.778. The normalized spacial score (nSPS) is 50.5. The van der Waals surface area contributed by atoms with Gasteiger partial charge in [-0.25, -0.2) is 0 Å². The van der Waals surface area contributed by atoms with E-state index in [0.29, 0.717) is 0 Å². The fourth-order valence-corrected chi connectivity index (χ4v) is 3.74. The molecule has 0 aromatic heterocycles. The molecule has 0 nitrogen and oxygen atoms in total. The Kier molecular flexibility index (Phi) is 1.56. The lowest BCUT2D eigenvalue weighted by Gasteiger charge is -2.48. The highest BCUT2D eigenvalue weighted by atomic mass is 14.6. The number of hydrogen-bond acceptors (Lipinski definition) is 0. The van der Waals surface area contributed by atoms with Gasteiger partial charge in [-0.1, -0.05) is 27.2 Å². The topological polar surface area (TPSA) is 0 Å². The van der Waals surface area contributed by atoms with E-state index < -0.39 is 0 Å². The minimum Gasteiger partial charge on any atom is -0.0651 e. The standard InChI is InChI=1S/C11H20/c1-4-8(2)10-9-5-6-11(10,3)7-9/h8-10H,4-7H2,1-3H3. The zero-order valence-corrected chi connectivity index (χ0v) is 8.06. The van der Waals surface area contributed by atoms with Crippen LogP contribution in [-0.4, -0.2) is 0 Å². The smallest absolute Gasteiger partial charge is 0.0290 e. The summed E-state index contributed by atoms with van der Waals surface area (Å²) < 4.78 is 0. The van der Waals surface area contributed by atoms with Crippen molar-refractivity contribution in [3.8, 4) is 0 Å². The van der Waals surface area contributed by atoms with Gasteiger partial charge < -0.3 is 0 Å². The molecule has 4 unspecified atom stereocenters. The number of rotatable bonds is 2. The zero-order valence-electron chi connectivity index (χ0n) is 8.06. The van der Waals surface area contributed by atoms with Gasteiger partial charge in [0.05, 0.1) is 0 Å². The van der Waals surface area contributed by atoms with Crippen molar-refractivity contribution >= 4 is 0 Å². The molecule has 0 radical (unpaired) electrons. The van der Waals surface area contributed by atoms with E-state index >= 15 is 0 Å². The van der Waals surface area contributed by atoms with Crippen LogP contribution >= 0.6 is 0 Å². The lowest BCUT2D eigenvalue weighted by atomic mass is 9.56. The van der Waals surface area contributed by atoms with E-state index in [9.17, 15) is 0 Å². The van der Waals surface area contributed by atoms with Crippen LogP contribution < -0.4 is 0 Å². The molecule has 11 heavy (non-hydrogen) atoms. The van der Waals surface area contributed by atoms with Crippen LogP contribution in [0.25, 0.3) is 0 Å². The Hall–Kier alpha value is 0. The molecule has 0 heteroatoms. The second-order valence-electron chi connectivity index (χ2n) is 5.07. The molecule has 0 saturated heterocycles. The molecule has 0 aromatic carbocycles. The van der Waals surface area contributed by atoms with Crippen molar-refractivity contribution in [3.63, 3.8) is 0 Å². The molecule has 2 bridgehead atoms. The third kappa shape index (κ3) is 0.878. The second-order valence-corrected chi connectivity index (χ2v) is 5.07. The van der Waals surface area contributed by atoms with E-state index in [1.54, 1.807) is 6.42 Å². The molecule has 0 aromatic rings. The molecule has 3 fully saturated rings. The summed E-state index contributed by atoms with van der Waals surface area (Å²) in [5.74, 6) is 3.20. The van der Waals surface area contributed by atoms with Crippen molar-refractivity contribution in [1.82, 2.24) is 0 Å². The Bertz CT molecular complexity index is 157. The third-order valence-electron chi connectivity index (χ3n) is 4.38. The van der Waals surface area contributed by atoms with Gasteiger partial charge in [0, 0.05) is 0 Å². The lowest BCUT2D eigenvalue weighted by molar-refractivity contribution is 0.00421. The highest BCUT2D eigenvalue weighted by Crippen LogP contribution is 2.65. The first-order valence-corrected chi connectivity index (χ1v) is 5.17. The molecule has 0 aliphatic heterocycles. The van der Waals surface area contributed by atoms with Crippen LogP contribution in [0, 0.1) is 23.2 Å². The van der Waals surface area contributed by atoms with Crippen molar-refractivity contribution in [2.24, 2.45) is 23.2 Å². The Morgan fingerprint density at radius 2 is 2.27 bits per heavy atom. The molecule has 4 atom stereocenters. The number of fused-ring (bicyclic) bond motifs is 1. The van der Waals surface area contributed by atoms with Gasteiger partial charge in [0.2, 0.25) is 0 Å². The summed E-state index contributed by atoms with van der Waals surface area (Å²) in [4.78, 5) is 0. The van der Waals surface area contributed by atoms with Crippen molar-refractivity contribution in [2.75, 3.05) is 0 Å². The molecular formula is C11H20.